The summed E-state index contributed by atoms with van der Waals surface area (Å²) in [6.45, 7) is 0.470. The number of aliphatic hydroxyl groups excluding tert-OH is 1. The summed E-state index contributed by atoms with van der Waals surface area (Å²) in [7, 11) is 0. The molecule has 2 nitrogen and oxygen atoms in total. The van der Waals surface area contributed by atoms with Crippen molar-refractivity contribution in [1.82, 2.24) is 0 Å². The SMILES string of the molecule is OC(CCl)CNc1cccc(-c2cccs2)c1. The third-order valence-electron chi connectivity index (χ3n) is 2.39. The highest BCUT2D eigenvalue weighted by Gasteiger charge is 2.03. The van der Waals surface area contributed by atoms with Crippen molar-refractivity contribution < 1.29 is 5.11 Å². The summed E-state index contributed by atoms with van der Waals surface area (Å²) in [6.07, 6.45) is -0.512. The number of benzene rings is 1. The number of rotatable bonds is 5. The molecule has 0 amide bonds. The van der Waals surface area contributed by atoms with Crippen molar-refractivity contribution in [2.24, 2.45) is 0 Å². The molecule has 4 heteroatoms. The summed E-state index contributed by atoms with van der Waals surface area (Å²) < 4.78 is 0. The van der Waals surface area contributed by atoms with Gasteiger partial charge in [0, 0.05) is 17.1 Å². The summed E-state index contributed by atoms with van der Waals surface area (Å²) >= 11 is 7.26. The van der Waals surface area contributed by atoms with Gasteiger partial charge in [0.15, 0.2) is 0 Å². The van der Waals surface area contributed by atoms with Gasteiger partial charge in [0.2, 0.25) is 0 Å². The molecule has 1 aromatic heterocycles. The van der Waals surface area contributed by atoms with Crippen molar-refractivity contribution in [3.05, 3.63) is 41.8 Å². The predicted octanol–water partition coefficient (Wildman–Crippen LogP) is 3.43. The topological polar surface area (TPSA) is 32.3 Å². The quantitative estimate of drug-likeness (QED) is 0.814. The van der Waals surface area contributed by atoms with Crippen LogP contribution < -0.4 is 5.32 Å². The van der Waals surface area contributed by atoms with Gasteiger partial charge >= 0.3 is 0 Å². The maximum absolute atomic E-state index is 9.38. The van der Waals surface area contributed by atoms with Gasteiger partial charge in [-0.15, -0.1) is 22.9 Å². The molecular formula is C13H14ClNOS. The molecule has 1 atom stereocenters. The summed E-state index contributed by atoms with van der Waals surface area (Å²) in [5, 5.41) is 14.6. The number of thiophene rings is 1. The van der Waals surface area contributed by atoms with E-state index in [2.05, 4.69) is 28.9 Å². The zero-order valence-corrected chi connectivity index (χ0v) is 10.8. The minimum absolute atomic E-state index is 0.248. The van der Waals surface area contributed by atoms with E-state index in [0.29, 0.717) is 6.54 Å². The lowest BCUT2D eigenvalue weighted by Crippen LogP contribution is -2.20. The van der Waals surface area contributed by atoms with Crippen LogP contribution in [-0.4, -0.2) is 23.6 Å². The van der Waals surface area contributed by atoms with Crippen LogP contribution in [0.5, 0.6) is 0 Å². The monoisotopic (exact) mass is 267 g/mol. The molecule has 2 rings (SSSR count). The molecule has 0 radical (unpaired) electrons. The molecule has 1 heterocycles. The van der Waals surface area contributed by atoms with E-state index >= 15 is 0 Å². The number of hydrogen-bond acceptors (Lipinski definition) is 3. The van der Waals surface area contributed by atoms with Crippen molar-refractivity contribution in [1.29, 1.82) is 0 Å². The van der Waals surface area contributed by atoms with Crippen LogP contribution in [0.3, 0.4) is 0 Å². The first-order valence-corrected chi connectivity index (χ1v) is 6.83. The van der Waals surface area contributed by atoms with Gasteiger partial charge in [0.05, 0.1) is 12.0 Å². The van der Waals surface area contributed by atoms with E-state index in [4.69, 9.17) is 11.6 Å². The summed E-state index contributed by atoms with van der Waals surface area (Å²) in [5.74, 6) is 0.248. The fraction of sp³-hybridized carbons (Fsp3) is 0.231. The Kier molecular flexibility index (Phi) is 4.42. The fourth-order valence-corrected chi connectivity index (χ4v) is 2.35. The molecule has 0 saturated carbocycles. The van der Waals surface area contributed by atoms with Crippen molar-refractivity contribution >= 4 is 28.6 Å². The highest BCUT2D eigenvalue weighted by Crippen LogP contribution is 2.26. The zero-order valence-electron chi connectivity index (χ0n) is 9.27. The van der Waals surface area contributed by atoms with Crippen LogP contribution in [0, 0.1) is 0 Å². The Morgan fingerprint density at radius 3 is 2.88 bits per heavy atom. The molecule has 0 bridgehead atoms. The van der Waals surface area contributed by atoms with Crippen LogP contribution in [0.1, 0.15) is 0 Å². The standard InChI is InChI=1S/C13H14ClNOS/c14-8-12(16)9-15-11-4-1-3-10(7-11)13-5-2-6-17-13/h1-7,12,15-16H,8-9H2. The molecule has 2 aromatic rings. The largest absolute Gasteiger partial charge is 0.390 e. The van der Waals surface area contributed by atoms with E-state index < -0.39 is 6.10 Å². The van der Waals surface area contributed by atoms with Gasteiger partial charge in [-0.3, -0.25) is 0 Å². The van der Waals surface area contributed by atoms with E-state index in [1.165, 1.54) is 10.4 Å². The molecule has 90 valence electrons. The number of nitrogens with one attached hydrogen (secondary N) is 1. The first kappa shape index (κ1) is 12.4. The second-order valence-electron chi connectivity index (χ2n) is 3.75. The number of hydrogen-bond donors (Lipinski definition) is 2. The highest BCUT2D eigenvalue weighted by atomic mass is 35.5. The van der Waals surface area contributed by atoms with E-state index in [1.54, 1.807) is 11.3 Å². The third-order valence-corrected chi connectivity index (χ3v) is 3.66. The molecule has 0 saturated heterocycles. The van der Waals surface area contributed by atoms with Crippen LogP contribution in [-0.2, 0) is 0 Å². The Balaban J connectivity index is 2.07. The Labute approximate surface area is 110 Å². The van der Waals surface area contributed by atoms with Crippen molar-refractivity contribution in [2.45, 2.75) is 6.10 Å². The number of alkyl halides is 1. The molecule has 2 N–H and O–H groups in total. The van der Waals surface area contributed by atoms with Gasteiger partial charge < -0.3 is 10.4 Å². The molecule has 0 aliphatic heterocycles. The molecule has 1 aromatic carbocycles. The lowest BCUT2D eigenvalue weighted by atomic mass is 10.1. The maximum atomic E-state index is 9.38. The summed E-state index contributed by atoms with van der Waals surface area (Å²) in [5.41, 5.74) is 2.19. The van der Waals surface area contributed by atoms with E-state index in [9.17, 15) is 5.11 Å². The second kappa shape index (κ2) is 6.05. The molecule has 0 aliphatic carbocycles. The first-order chi connectivity index (χ1) is 8.29. The Bertz CT molecular complexity index is 458. The lowest BCUT2D eigenvalue weighted by molar-refractivity contribution is 0.211. The van der Waals surface area contributed by atoms with Gasteiger partial charge in [-0.2, -0.15) is 0 Å². The highest BCUT2D eigenvalue weighted by molar-refractivity contribution is 7.13. The molecule has 0 fully saturated rings. The maximum Gasteiger partial charge on any atom is 0.0847 e. The Hall–Kier alpha value is -1.03. The average molecular weight is 268 g/mol. The minimum Gasteiger partial charge on any atom is -0.390 e. The molecule has 1 unspecified atom stereocenters. The average Bonchev–Trinajstić information content (AvgIpc) is 2.90. The van der Waals surface area contributed by atoms with Crippen LogP contribution in [0.25, 0.3) is 10.4 Å². The first-order valence-electron chi connectivity index (χ1n) is 5.41. The lowest BCUT2D eigenvalue weighted by Gasteiger charge is -2.10. The van der Waals surface area contributed by atoms with Gasteiger partial charge in [-0.25, -0.2) is 0 Å². The molecule has 0 spiro atoms. The van der Waals surface area contributed by atoms with Crippen LogP contribution in [0.4, 0.5) is 5.69 Å². The normalized spacial score (nSPS) is 12.4. The fourth-order valence-electron chi connectivity index (χ4n) is 1.52. The Morgan fingerprint density at radius 2 is 2.18 bits per heavy atom. The van der Waals surface area contributed by atoms with Gasteiger partial charge in [0.1, 0.15) is 0 Å². The van der Waals surface area contributed by atoms with Crippen molar-refractivity contribution in [3.63, 3.8) is 0 Å². The van der Waals surface area contributed by atoms with E-state index in [-0.39, 0.29) is 5.88 Å². The smallest absolute Gasteiger partial charge is 0.0847 e. The van der Waals surface area contributed by atoms with Crippen molar-refractivity contribution in [3.8, 4) is 10.4 Å². The van der Waals surface area contributed by atoms with Crippen LogP contribution in [0.15, 0.2) is 41.8 Å². The zero-order chi connectivity index (χ0) is 12.1. The number of anilines is 1. The van der Waals surface area contributed by atoms with Crippen LogP contribution in [0.2, 0.25) is 0 Å². The summed E-state index contributed by atoms with van der Waals surface area (Å²) in [4.78, 5) is 1.24. The second-order valence-corrected chi connectivity index (χ2v) is 5.00. The number of halogens is 1. The third kappa shape index (κ3) is 3.46. The number of aliphatic hydroxyl groups is 1. The molecule has 0 aliphatic rings. The Morgan fingerprint density at radius 1 is 1.29 bits per heavy atom. The van der Waals surface area contributed by atoms with Gasteiger partial charge in [0.25, 0.3) is 0 Å². The molecular weight excluding hydrogens is 254 g/mol. The van der Waals surface area contributed by atoms with E-state index in [1.807, 2.05) is 18.2 Å². The van der Waals surface area contributed by atoms with E-state index in [0.717, 1.165) is 5.69 Å². The summed E-state index contributed by atoms with van der Waals surface area (Å²) in [6, 6.07) is 12.3. The van der Waals surface area contributed by atoms with Crippen molar-refractivity contribution in [2.75, 3.05) is 17.7 Å². The minimum atomic E-state index is -0.512. The molecule has 17 heavy (non-hydrogen) atoms. The van der Waals surface area contributed by atoms with Gasteiger partial charge in [-0.1, -0.05) is 18.2 Å². The van der Waals surface area contributed by atoms with Gasteiger partial charge in [-0.05, 0) is 29.1 Å². The predicted molar refractivity (Wildman–Crippen MR) is 75.0 cm³/mol. The van der Waals surface area contributed by atoms with Crippen LogP contribution >= 0.6 is 22.9 Å².